The van der Waals surface area contributed by atoms with E-state index in [4.69, 9.17) is 4.74 Å². The number of hydrogen-bond donors (Lipinski definition) is 1. The lowest BCUT2D eigenvalue weighted by Gasteiger charge is -2.34. The van der Waals surface area contributed by atoms with Gasteiger partial charge in [0.2, 0.25) is 10.0 Å². The molecule has 36 heavy (non-hydrogen) atoms. The maximum absolute atomic E-state index is 14.2. The molecule has 1 amide bonds. The zero-order chi connectivity index (χ0) is 26.2. The van der Waals surface area contributed by atoms with Crippen LogP contribution in [-0.2, 0) is 28.4 Å². The SMILES string of the molecule is C[C@@H]1CN([C@H](C)CO)C(=O)c2c(c3ccccc3n2C)-c2ccccc2CO[C@H]1CN(C)S(C)(=O)=O. The Labute approximate surface area is 213 Å². The van der Waals surface area contributed by atoms with E-state index in [1.807, 2.05) is 74.0 Å². The number of aryl methyl sites for hydroxylation is 1. The second-order valence-electron chi connectivity index (χ2n) is 9.82. The molecule has 0 fully saturated rings. The summed E-state index contributed by atoms with van der Waals surface area (Å²) >= 11 is 0. The lowest BCUT2D eigenvalue weighted by atomic mass is 9.96. The summed E-state index contributed by atoms with van der Waals surface area (Å²) in [5, 5.41) is 11.0. The highest BCUT2D eigenvalue weighted by molar-refractivity contribution is 7.88. The molecular formula is C27H35N3O5S. The fourth-order valence-electron chi connectivity index (χ4n) is 4.91. The first kappa shape index (κ1) is 26.3. The van der Waals surface area contributed by atoms with Crippen molar-refractivity contribution in [2.45, 2.75) is 32.6 Å². The molecule has 0 radical (unpaired) electrons. The molecule has 8 nitrogen and oxygen atoms in total. The van der Waals surface area contributed by atoms with Gasteiger partial charge in [-0.2, -0.15) is 0 Å². The van der Waals surface area contributed by atoms with Crippen molar-refractivity contribution in [2.75, 3.05) is 33.0 Å². The average Bonchev–Trinajstić information content (AvgIpc) is 3.14. The Morgan fingerprint density at radius 2 is 1.83 bits per heavy atom. The standard InChI is InChI=1S/C27H35N3O5S/c1-18-14-30(19(2)16-31)27(32)26-25(22-12-8-9-13-23(22)29(26)4)21-11-7-6-10-20(21)17-35-24(18)15-28(3)36(5,33)34/h6-13,18-19,24,31H,14-17H2,1-5H3/t18-,19-,24+/m1/s1. The number of aliphatic hydroxyl groups is 1. The predicted molar refractivity (Wildman–Crippen MR) is 141 cm³/mol. The monoisotopic (exact) mass is 513 g/mol. The van der Waals surface area contributed by atoms with E-state index in [-0.39, 0.29) is 31.6 Å². The van der Waals surface area contributed by atoms with Crippen LogP contribution in [0.4, 0.5) is 0 Å². The van der Waals surface area contributed by atoms with Gasteiger partial charge < -0.3 is 19.3 Å². The van der Waals surface area contributed by atoms with Crippen LogP contribution in [0.1, 0.15) is 29.9 Å². The van der Waals surface area contributed by atoms with Gasteiger partial charge in [0.15, 0.2) is 0 Å². The number of nitrogens with zero attached hydrogens (tertiary/aromatic N) is 3. The Morgan fingerprint density at radius 3 is 2.53 bits per heavy atom. The zero-order valence-electron chi connectivity index (χ0n) is 21.5. The first-order valence-electron chi connectivity index (χ1n) is 12.1. The Morgan fingerprint density at radius 1 is 1.17 bits per heavy atom. The lowest BCUT2D eigenvalue weighted by Crippen LogP contribution is -2.47. The van der Waals surface area contributed by atoms with Gasteiger partial charge in [0.1, 0.15) is 5.69 Å². The topological polar surface area (TPSA) is 92.1 Å². The van der Waals surface area contributed by atoms with E-state index in [0.29, 0.717) is 12.2 Å². The highest BCUT2D eigenvalue weighted by atomic mass is 32.2. The molecule has 0 saturated heterocycles. The highest BCUT2D eigenvalue weighted by Crippen LogP contribution is 2.38. The van der Waals surface area contributed by atoms with E-state index in [1.165, 1.54) is 17.6 Å². The Kier molecular flexibility index (Phi) is 7.56. The number of sulfonamides is 1. The van der Waals surface area contributed by atoms with Gasteiger partial charge in [0.05, 0.1) is 31.6 Å². The number of aromatic nitrogens is 1. The molecule has 2 aromatic carbocycles. The van der Waals surface area contributed by atoms with E-state index >= 15 is 0 Å². The van der Waals surface area contributed by atoms with Crippen LogP contribution in [0.25, 0.3) is 22.0 Å². The number of carbonyl (C=O) groups is 1. The molecule has 0 bridgehead atoms. The molecule has 3 aromatic rings. The van der Waals surface area contributed by atoms with Gasteiger partial charge in [-0.15, -0.1) is 0 Å². The van der Waals surface area contributed by atoms with Crippen molar-refractivity contribution in [3.8, 4) is 11.1 Å². The van der Waals surface area contributed by atoms with Crippen LogP contribution in [0.3, 0.4) is 0 Å². The summed E-state index contributed by atoms with van der Waals surface area (Å²) in [5.74, 6) is -0.375. The van der Waals surface area contributed by atoms with Gasteiger partial charge >= 0.3 is 0 Å². The molecule has 4 rings (SSSR count). The molecule has 0 saturated carbocycles. The van der Waals surface area contributed by atoms with Gasteiger partial charge in [0.25, 0.3) is 5.91 Å². The van der Waals surface area contributed by atoms with Crippen LogP contribution >= 0.6 is 0 Å². The first-order valence-corrected chi connectivity index (χ1v) is 14.0. The molecular weight excluding hydrogens is 478 g/mol. The third-order valence-electron chi connectivity index (χ3n) is 7.23. The van der Waals surface area contributed by atoms with Crippen LogP contribution in [0.5, 0.6) is 0 Å². The summed E-state index contributed by atoms with van der Waals surface area (Å²) in [4.78, 5) is 15.9. The lowest BCUT2D eigenvalue weighted by molar-refractivity contribution is -0.0146. The molecule has 194 valence electrons. The predicted octanol–water partition coefficient (Wildman–Crippen LogP) is 3.09. The number of fused-ring (bicyclic) bond motifs is 5. The second kappa shape index (κ2) is 10.3. The zero-order valence-corrected chi connectivity index (χ0v) is 22.3. The van der Waals surface area contributed by atoms with Crippen molar-refractivity contribution in [2.24, 2.45) is 13.0 Å². The third-order valence-corrected chi connectivity index (χ3v) is 8.51. The minimum absolute atomic E-state index is 0.160. The smallest absolute Gasteiger partial charge is 0.271 e. The average molecular weight is 514 g/mol. The molecule has 1 aliphatic rings. The number of amides is 1. The van der Waals surface area contributed by atoms with E-state index in [9.17, 15) is 18.3 Å². The summed E-state index contributed by atoms with van der Waals surface area (Å²) < 4.78 is 33.9. The highest BCUT2D eigenvalue weighted by Gasteiger charge is 2.34. The molecule has 1 N–H and O–H groups in total. The molecule has 1 aliphatic heterocycles. The van der Waals surface area contributed by atoms with Crippen LogP contribution in [0.2, 0.25) is 0 Å². The number of benzene rings is 2. The van der Waals surface area contributed by atoms with Crippen molar-refractivity contribution < 1.29 is 23.1 Å². The van der Waals surface area contributed by atoms with Gasteiger partial charge in [-0.05, 0) is 24.1 Å². The molecule has 1 aromatic heterocycles. The molecule has 0 spiro atoms. The van der Waals surface area contributed by atoms with Gasteiger partial charge in [-0.1, -0.05) is 49.4 Å². The number of carbonyl (C=O) groups excluding carboxylic acids is 1. The maximum atomic E-state index is 14.2. The number of para-hydroxylation sites is 1. The number of hydrogen-bond acceptors (Lipinski definition) is 5. The van der Waals surface area contributed by atoms with Gasteiger partial charge in [-0.3, -0.25) is 4.79 Å². The summed E-state index contributed by atoms with van der Waals surface area (Å²) in [6.07, 6.45) is 0.709. The number of likely N-dealkylation sites (N-methyl/N-ethyl adjacent to an activating group) is 1. The summed E-state index contributed by atoms with van der Waals surface area (Å²) in [5.41, 5.74) is 4.17. The van der Waals surface area contributed by atoms with Crippen molar-refractivity contribution in [3.63, 3.8) is 0 Å². The molecule has 3 atom stereocenters. The van der Waals surface area contributed by atoms with E-state index in [2.05, 4.69) is 0 Å². The Hall–Kier alpha value is -2.72. The second-order valence-corrected chi connectivity index (χ2v) is 11.9. The molecule has 9 heteroatoms. The summed E-state index contributed by atoms with van der Waals surface area (Å²) in [7, 11) is 0.0180. The van der Waals surface area contributed by atoms with E-state index in [1.54, 1.807) is 4.90 Å². The third kappa shape index (κ3) is 4.93. The summed E-state index contributed by atoms with van der Waals surface area (Å²) in [6.45, 7) is 4.32. The van der Waals surface area contributed by atoms with Crippen LogP contribution in [-0.4, -0.2) is 78.3 Å². The van der Waals surface area contributed by atoms with Crippen molar-refractivity contribution in [1.82, 2.24) is 13.8 Å². The number of ether oxygens (including phenoxy) is 1. The normalized spacial score (nSPS) is 20.2. The maximum Gasteiger partial charge on any atom is 0.271 e. The first-order chi connectivity index (χ1) is 17.0. The van der Waals surface area contributed by atoms with Crippen LogP contribution < -0.4 is 0 Å². The van der Waals surface area contributed by atoms with Crippen molar-refractivity contribution in [3.05, 3.63) is 59.8 Å². The van der Waals surface area contributed by atoms with Gasteiger partial charge in [-0.25, -0.2) is 12.7 Å². The van der Waals surface area contributed by atoms with Crippen LogP contribution in [0, 0.1) is 5.92 Å². The minimum Gasteiger partial charge on any atom is -0.394 e. The fourth-order valence-corrected chi connectivity index (χ4v) is 5.33. The Balaban J connectivity index is 1.93. The van der Waals surface area contributed by atoms with Crippen molar-refractivity contribution >= 4 is 26.8 Å². The number of aliphatic hydroxyl groups excluding tert-OH is 1. The molecule has 0 unspecified atom stereocenters. The molecule has 0 aliphatic carbocycles. The van der Waals surface area contributed by atoms with Crippen molar-refractivity contribution in [1.29, 1.82) is 0 Å². The minimum atomic E-state index is -3.41. The quantitative estimate of drug-likeness (QED) is 0.566. The largest absolute Gasteiger partial charge is 0.394 e. The Bertz CT molecular complexity index is 1370. The van der Waals surface area contributed by atoms with E-state index < -0.39 is 22.2 Å². The van der Waals surface area contributed by atoms with Gasteiger partial charge in [0, 0.05) is 49.6 Å². The fraction of sp³-hybridized carbons (Fsp3) is 0.444. The number of rotatable bonds is 5. The van der Waals surface area contributed by atoms with Crippen LogP contribution in [0.15, 0.2) is 48.5 Å². The summed E-state index contributed by atoms with van der Waals surface area (Å²) in [6, 6.07) is 15.4. The molecule has 2 heterocycles. The van der Waals surface area contributed by atoms with E-state index in [0.717, 1.165) is 27.6 Å².